The van der Waals surface area contributed by atoms with E-state index in [1.807, 2.05) is 47.8 Å². The fourth-order valence-electron chi connectivity index (χ4n) is 2.98. The van der Waals surface area contributed by atoms with Crippen molar-refractivity contribution in [3.63, 3.8) is 0 Å². The molecule has 0 saturated heterocycles. The first kappa shape index (κ1) is 15.3. The summed E-state index contributed by atoms with van der Waals surface area (Å²) in [7, 11) is 0. The molecular formula is C18H14ClN3OS. The smallest absolute Gasteiger partial charge is 0.240 e. The van der Waals surface area contributed by atoms with E-state index in [2.05, 4.69) is 10.1 Å². The lowest BCUT2D eigenvalue weighted by Gasteiger charge is -2.21. The largest absolute Gasteiger partial charge is 0.273 e. The van der Waals surface area contributed by atoms with E-state index in [4.69, 9.17) is 11.6 Å². The number of carbonyl (C=O) groups is 1. The van der Waals surface area contributed by atoms with Gasteiger partial charge in [-0.1, -0.05) is 35.9 Å². The van der Waals surface area contributed by atoms with Gasteiger partial charge < -0.3 is 0 Å². The average Bonchev–Trinajstić information content (AvgIpc) is 3.23. The fraction of sp³-hybridized carbons (Fsp3) is 0.167. The summed E-state index contributed by atoms with van der Waals surface area (Å²) in [4.78, 5) is 17.6. The SMILES string of the molecule is CC(=O)N1N=C(c2cccs2)C[C@@H]1c1cc2ccccc2nc1Cl. The Bertz CT molecular complexity index is 952. The highest BCUT2D eigenvalue weighted by Crippen LogP contribution is 2.37. The van der Waals surface area contributed by atoms with Gasteiger partial charge in [-0.15, -0.1) is 11.3 Å². The van der Waals surface area contributed by atoms with Crippen molar-refractivity contribution >= 4 is 45.5 Å². The Hall–Kier alpha value is -2.24. The molecule has 2 aromatic heterocycles. The number of nitrogens with zero attached hydrogens (tertiary/aromatic N) is 3. The molecule has 1 amide bonds. The molecule has 1 aliphatic heterocycles. The molecule has 0 unspecified atom stereocenters. The zero-order valence-electron chi connectivity index (χ0n) is 12.9. The monoisotopic (exact) mass is 355 g/mol. The van der Waals surface area contributed by atoms with E-state index in [1.165, 1.54) is 11.9 Å². The number of para-hydroxylation sites is 1. The van der Waals surface area contributed by atoms with Crippen molar-refractivity contribution in [3.8, 4) is 0 Å². The van der Waals surface area contributed by atoms with Gasteiger partial charge in [0.15, 0.2) is 0 Å². The minimum Gasteiger partial charge on any atom is -0.273 e. The summed E-state index contributed by atoms with van der Waals surface area (Å²) in [5, 5.41) is 9.49. The maximum Gasteiger partial charge on any atom is 0.240 e. The van der Waals surface area contributed by atoms with Crippen LogP contribution in [-0.2, 0) is 4.79 Å². The molecule has 3 aromatic rings. The van der Waals surface area contributed by atoms with Crippen LogP contribution in [0.1, 0.15) is 29.8 Å². The van der Waals surface area contributed by atoms with Crippen molar-refractivity contribution in [2.45, 2.75) is 19.4 Å². The molecule has 1 atom stereocenters. The first-order chi connectivity index (χ1) is 11.6. The van der Waals surface area contributed by atoms with Gasteiger partial charge >= 0.3 is 0 Å². The lowest BCUT2D eigenvalue weighted by molar-refractivity contribution is -0.130. The molecule has 1 aromatic carbocycles. The Morgan fingerprint density at radius 3 is 2.88 bits per heavy atom. The molecule has 120 valence electrons. The van der Waals surface area contributed by atoms with Crippen LogP contribution in [0.15, 0.2) is 52.9 Å². The Kier molecular flexibility index (Phi) is 3.82. The summed E-state index contributed by atoms with van der Waals surface area (Å²) in [6.07, 6.45) is 0.639. The second kappa shape index (κ2) is 6.00. The van der Waals surface area contributed by atoms with Crippen molar-refractivity contribution < 1.29 is 4.79 Å². The van der Waals surface area contributed by atoms with E-state index in [-0.39, 0.29) is 11.9 Å². The van der Waals surface area contributed by atoms with Crippen LogP contribution in [0.4, 0.5) is 0 Å². The third-order valence-corrected chi connectivity index (χ3v) is 5.32. The molecule has 3 heterocycles. The van der Waals surface area contributed by atoms with E-state index in [0.717, 1.165) is 27.1 Å². The Labute approximate surface area is 148 Å². The number of hydrogen-bond acceptors (Lipinski definition) is 4. The maximum absolute atomic E-state index is 12.1. The van der Waals surface area contributed by atoms with Gasteiger partial charge in [-0.25, -0.2) is 9.99 Å². The minimum atomic E-state index is -0.218. The molecule has 0 spiro atoms. The Balaban J connectivity index is 1.78. The third-order valence-electron chi connectivity index (χ3n) is 4.10. The lowest BCUT2D eigenvalue weighted by Crippen LogP contribution is -2.24. The number of aromatic nitrogens is 1. The van der Waals surface area contributed by atoms with Crippen LogP contribution in [0.2, 0.25) is 5.15 Å². The number of fused-ring (bicyclic) bond motifs is 1. The quantitative estimate of drug-likeness (QED) is 0.628. The summed E-state index contributed by atoms with van der Waals surface area (Å²) in [5.41, 5.74) is 2.59. The van der Waals surface area contributed by atoms with Gasteiger partial charge in [0, 0.05) is 24.3 Å². The third kappa shape index (κ3) is 2.60. The van der Waals surface area contributed by atoms with Gasteiger partial charge in [-0.05, 0) is 23.6 Å². The Morgan fingerprint density at radius 1 is 1.29 bits per heavy atom. The van der Waals surface area contributed by atoms with Gasteiger partial charge in [0.2, 0.25) is 5.91 Å². The number of carbonyl (C=O) groups excluding carboxylic acids is 1. The maximum atomic E-state index is 12.1. The van der Waals surface area contributed by atoms with Gasteiger partial charge in [0.05, 0.1) is 22.1 Å². The molecule has 0 fully saturated rings. The molecule has 24 heavy (non-hydrogen) atoms. The molecule has 6 heteroatoms. The molecule has 1 aliphatic rings. The van der Waals surface area contributed by atoms with E-state index in [0.29, 0.717) is 11.6 Å². The summed E-state index contributed by atoms with van der Waals surface area (Å²) >= 11 is 8.05. The van der Waals surface area contributed by atoms with Crippen molar-refractivity contribution in [3.05, 3.63) is 63.4 Å². The number of hydrazone groups is 1. The number of benzene rings is 1. The van der Waals surface area contributed by atoms with E-state index < -0.39 is 0 Å². The van der Waals surface area contributed by atoms with Crippen molar-refractivity contribution in [1.82, 2.24) is 9.99 Å². The highest BCUT2D eigenvalue weighted by molar-refractivity contribution is 7.12. The van der Waals surface area contributed by atoms with Crippen LogP contribution < -0.4 is 0 Å². The second-order valence-electron chi connectivity index (χ2n) is 5.67. The molecule has 0 bridgehead atoms. The number of hydrogen-bond donors (Lipinski definition) is 0. The van der Waals surface area contributed by atoms with E-state index in [1.54, 1.807) is 11.3 Å². The number of amides is 1. The van der Waals surface area contributed by atoms with E-state index >= 15 is 0 Å². The normalized spacial score (nSPS) is 17.3. The van der Waals surface area contributed by atoms with Gasteiger partial charge in [0.1, 0.15) is 5.15 Å². The van der Waals surface area contributed by atoms with Crippen LogP contribution in [0.3, 0.4) is 0 Å². The fourth-order valence-corrected chi connectivity index (χ4v) is 3.97. The first-order valence-electron chi connectivity index (χ1n) is 7.60. The molecule has 0 N–H and O–H groups in total. The zero-order valence-corrected chi connectivity index (χ0v) is 14.5. The predicted octanol–water partition coefficient (Wildman–Crippen LogP) is 4.65. The first-order valence-corrected chi connectivity index (χ1v) is 8.85. The van der Waals surface area contributed by atoms with Crippen molar-refractivity contribution in [2.24, 2.45) is 5.10 Å². The van der Waals surface area contributed by atoms with Gasteiger partial charge in [0.25, 0.3) is 0 Å². The zero-order chi connectivity index (χ0) is 16.7. The van der Waals surface area contributed by atoms with Crippen LogP contribution in [0.5, 0.6) is 0 Å². The number of pyridine rings is 1. The highest BCUT2D eigenvalue weighted by atomic mass is 35.5. The van der Waals surface area contributed by atoms with Gasteiger partial charge in [-0.3, -0.25) is 4.79 Å². The number of rotatable bonds is 2. The molecule has 4 nitrogen and oxygen atoms in total. The van der Waals surface area contributed by atoms with Crippen LogP contribution >= 0.6 is 22.9 Å². The predicted molar refractivity (Wildman–Crippen MR) is 97.5 cm³/mol. The standard InChI is InChI=1S/C18H14ClN3OS/c1-11(23)22-16(10-15(21-22)17-7-4-8-24-17)13-9-12-5-2-3-6-14(12)20-18(13)19/h2-9,16H,10H2,1H3/t16-/m1/s1. The summed E-state index contributed by atoms with van der Waals surface area (Å²) in [5.74, 6) is -0.101. The average molecular weight is 356 g/mol. The highest BCUT2D eigenvalue weighted by Gasteiger charge is 2.33. The van der Waals surface area contributed by atoms with Crippen molar-refractivity contribution in [2.75, 3.05) is 0 Å². The molecule has 4 rings (SSSR count). The van der Waals surface area contributed by atoms with Gasteiger partial charge in [-0.2, -0.15) is 5.10 Å². The lowest BCUT2D eigenvalue weighted by atomic mass is 10.0. The molecule has 0 aliphatic carbocycles. The summed E-state index contributed by atoms with van der Waals surface area (Å²) < 4.78 is 0. The minimum absolute atomic E-state index is 0.101. The van der Waals surface area contributed by atoms with Crippen LogP contribution in [0.25, 0.3) is 10.9 Å². The van der Waals surface area contributed by atoms with Crippen LogP contribution in [-0.4, -0.2) is 21.6 Å². The topological polar surface area (TPSA) is 45.6 Å². The Morgan fingerprint density at radius 2 is 2.12 bits per heavy atom. The molecular weight excluding hydrogens is 342 g/mol. The summed E-state index contributed by atoms with van der Waals surface area (Å²) in [6, 6.07) is 13.6. The number of halogens is 1. The molecule has 0 saturated carbocycles. The van der Waals surface area contributed by atoms with E-state index in [9.17, 15) is 4.79 Å². The van der Waals surface area contributed by atoms with Crippen LogP contribution in [0, 0.1) is 0 Å². The summed E-state index contributed by atoms with van der Waals surface area (Å²) in [6.45, 7) is 1.52. The molecule has 0 radical (unpaired) electrons. The van der Waals surface area contributed by atoms with Crippen molar-refractivity contribution in [1.29, 1.82) is 0 Å². The number of thiophene rings is 1. The second-order valence-corrected chi connectivity index (χ2v) is 6.97.